The summed E-state index contributed by atoms with van der Waals surface area (Å²) < 4.78 is 0. The molecule has 0 bridgehead atoms. The molecule has 0 spiro atoms. The smallest absolute Gasteiger partial charge is 0.00387 e. The van der Waals surface area contributed by atoms with Crippen molar-refractivity contribution in [1.29, 1.82) is 0 Å². The summed E-state index contributed by atoms with van der Waals surface area (Å²) in [5.41, 5.74) is 5.98. The molecule has 0 saturated heterocycles. The average Bonchev–Trinajstić information content (AvgIpc) is 2.32. The predicted molar refractivity (Wildman–Crippen MR) is 79.3 cm³/mol. The fourth-order valence-corrected chi connectivity index (χ4v) is 2.11. The van der Waals surface area contributed by atoms with Gasteiger partial charge in [0.1, 0.15) is 0 Å². The van der Waals surface area contributed by atoms with Gasteiger partial charge in [-0.05, 0) is 38.5 Å². The van der Waals surface area contributed by atoms with Crippen molar-refractivity contribution in [2.45, 2.75) is 90.5 Å². The molecular weight excluding hydrogens is 206 g/mol. The molecule has 0 aliphatic heterocycles. The van der Waals surface area contributed by atoms with Crippen LogP contribution < -0.4 is 5.73 Å². The molecule has 0 rings (SSSR count). The highest BCUT2D eigenvalue weighted by molar-refractivity contribution is 4.81. The van der Waals surface area contributed by atoms with E-state index in [4.69, 9.17) is 5.73 Å². The maximum atomic E-state index is 5.98. The van der Waals surface area contributed by atoms with Crippen molar-refractivity contribution >= 4 is 0 Å². The van der Waals surface area contributed by atoms with E-state index in [2.05, 4.69) is 26.0 Å². The summed E-state index contributed by atoms with van der Waals surface area (Å²) in [5, 5.41) is 0. The summed E-state index contributed by atoms with van der Waals surface area (Å²) in [4.78, 5) is 0. The molecule has 0 amide bonds. The van der Waals surface area contributed by atoms with Gasteiger partial charge >= 0.3 is 0 Å². The first-order chi connectivity index (χ1) is 8.31. The van der Waals surface area contributed by atoms with Gasteiger partial charge in [-0.25, -0.2) is 0 Å². The first-order valence-electron chi connectivity index (χ1n) is 7.71. The highest BCUT2D eigenvalue weighted by Gasteiger charge is 1.99. The molecule has 0 heterocycles. The molecule has 0 aromatic heterocycles. The van der Waals surface area contributed by atoms with Crippen molar-refractivity contribution < 1.29 is 0 Å². The molecule has 1 nitrogen and oxygen atoms in total. The van der Waals surface area contributed by atoms with Crippen molar-refractivity contribution in [1.82, 2.24) is 0 Å². The summed E-state index contributed by atoms with van der Waals surface area (Å²) in [6, 6.07) is 0.443. The fraction of sp³-hybridized carbons (Fsp3) is 0.875. The minimum absolute atomic E-state index is 0.443. The Morgan fingerprint density at radius 2 is 1.41 bits per heavy atom. The minimum Gasteiger partial charge on any atom is -0.328 e. The fourth-order valence-electron chi connectivity index (χ4n) is 2.11. The Morgan fingerprint density at radius 3 is 2.00 bits per heavy atom. The Kier molecular flexibility index (Phi) is 13.5. The van der Waals surface area contributed by atoms with Gasteiger partial charge in [0.05, 0.1) is 0 Å². The predicted octanol–water partition coefficient (Wildman–Crippen LogP) is 5.20. The van der Waals surface area contributed by atoms with E-state index in [1.54, 1.807) is 0 Å². The second-order valence-corrected chi connectivity index (χ2v) is 5.15. The van der Waals surface area contributed by atoms with E-state index in [9.17, 15) is 0 Å². The standard InChI is InChI=1S/C16H33N/c1-3-5-6-7-8-9-10-11-12-13-15-16(17)14-4-2/h9-10,16H,3-8,11-15,17H2,1-2H3/b10-9-. The highest BCUT2D eigenvalue weighted by atomic mass is 14.6. The van der Waals surface area contributed by atoms with Gasteiger partial charge in [0.15, 0.2) is 0 Å². The molecule has 0 aromatic rings. The molecule has 2 N–H and O–H groups in total. The van der Waals surface area contributed by atoms with E-state index in [-0.39, 0.29) is 0 Å². The number of unbranched alkanes of at least 4 members (excludes halogenated alkanes) is 6. The minimum atomic E-state index is 0.443. The Morgan fingerprint density at radius 1 is 0.765 bits per heavy atom. The van der Waals surface area contributed by atoms with Crippen LogP contribution in [0.2, 0.25) is 0 Å². The average molecular weight is 239 g/mol. The van der Waals surface area contributed by atoms with Crippen LogP contribution in [0.1, 0.15) is 84.5 Å². The third kappa shape index (κ3) is 13.6. The van der Waals surface area contributed by atoms with E-state index in [1.807, 2.05) is 0 Å². The lowest BCUT2D eigenvalue weighted by atomic mass is 10.0. The molecular formula is C16H33N. The SMILES string of the molecule is CCCCCC/C=C\CCCCC(N)CCC. The number of nitrogens with two attached hydrogens (primary N) is 1. The van der Waals surface area contributed by atoms with Gasteiger partial charge < -0.3 is 5.73 Å². The summed E-state index contributed by atoms with van der Waals surface area (Å²) in [7, 11) is 0. The third-order valence-corrected chi connectivity index (χ3v) is 3.25. The molecule has 1 unspecified atom stereocenters. The van der Waals surface area contributed by atoms with Crippen molar-refractivity contribution in [3.05, 3.63) is 12.2 Å². The molecule has 0 aliphatic rings. The molecule has 1 atom stereocenters. The number of hydrogen-bond acceptors (Lipinski definition) is 1. The first-order valence-corrected chi connectivity index (χ1v) is 7.71. The van der Waals surface area contributed by atoms with E-state index in [0.29, 0.717) is 6.04 Å². The van der Waals surface area contributed by atoms with Gasteiger partial charge in [-0.15, -0.1) is 0 Å². The maximum Gasteiger partial charge on any atom is 0.00387 e. The van der Waals surface area contributed by atoms with Crippen LogP contribution in [0.25, 0.3) is 0 Å². The zero-order valence-electron chi connectivity index (χ0n) is 12.1. The van der Waals surface area contributed by atoms with Crippen LogP contribution in [-0.4, -0.2) is 6.04 Å². The third-order valence-electron chi connectivity index (χ3n) is 3.25. The normalized spacial score (nSPS) is 13.4. The molecule has 1 heteroatoms. The Bertz CT molecular complexity index is 163. The monoisotopic (exact) mass is 239 g/mol. The van der Waals surface area contributed by atoms with Crippen LogP contribution in [0.4, 0.5) is 0 Å². The lowest BCUT2D eigenvalue weighted by molar-refractivity contribution is 0.528. The van der Waals surface area contributed by atoms with Crippen LogP contribution in [-0.2, 0) is 0 Å². The Labute approximate surface area is 109 Å². The Balaban J connectivity index is 3.13. The van der Waals surface area contributed by atoms with Crippen molar-refractivity contribution in [2.75, 3.05) is 0 Å². The van der Waals surface area contributed by atoms with Gasteiger partial charge in [0.25, 0.3) is 0 Å². The van der Waals surface area contributed by atoms with Crippen LogP contribution in [0.5, 0.6) is 0 Å². The van der Waals surface area contributed by atoms with Crippen molar-refractivity contribution in [2.24, 2.45) is 5.73 Å². The van der Waals surface area contributed by atoms with Gasteiger partial charge in [-0.3, -0.25) is 0 Å². The van der Waals surface area contributed by atoms with E-state index in [1.165, 1.54) is 70.6 Å². The van der Waals surface area contributed by atoms with Crippen LogP contribution in [0, 0.1) is 0 Å². The molecule has 0 aromatic carbocycles. The number of rotatable bonds is 12. The quantitative estimate of drug-likeness (QED) is 0.367. The summed E-state index contributed by atoms with van der Waals surface area (Å²) in [5.74, 6) is 0. The second-order valence-electron chi connectivity index (χ2n) is 5.15. The van der Waals surface area contributed by atoms with Crippen LogP contribution in [0.15, 0.2) is 12.2 Å². The zero-order valence-corrected chi connectivity index (χ0v) is 12.1. The number of hydrogen-bond donors (Lipinski definition) is 1. The zero-order chi connectivity index (χ0) is 12.8. The summed E-state index contributed by atoms with van der Waals surface area (Å²) in [6.07, 6.45) is 18.9. The highest BCUT2D eigenvalue weighted by Crippen LogP contribution is 2.08. The van der Waals surface area contributed by atoms with Gasteiger partial charge in [0.2, 0.25) is 0 Å². The lowest BCUT2D eigenvalue weighted by Crippen LogP contribution is -2.18. The topological polar surface area (TPSA) is 26.0 Å². The van der Waals surface area contributed by atoms with E-state index in [0.717, 1.165) is 0 Å². The molecule has 0 fully saturated rings. The first kappa shape index (κ1) is 16.7. The summed E-state index contributed by atoms with van der Waals surface area (Å²) in [6.45, 7) is 4.47. The molecule has 17 heavy (non-hydrogen) atoms. The largest absolute Gasteiger partial charge is 0.328 e. The van der Waals surface area contributed by atoms with Crippen molar-refractivity contribution in [3.8, 4) is 0 Å². The van der Waals surface area contributed by atoms with E-state index < -0.39 is 0 Å². The van der Waals surface area contributed by atoms with E-state index >= 15 is 0 Å². The Hall–Kier alpha value is -0.300. The van der Waals surface area contributed by atoms with Crippen LogP contribution in [0.3, 0.4) is 0 Å². The van der Waals surface area contributed by atoms with Crippen LogP contribution >= 0.6 is 0 Å². The second kappa shape index (κ2) is 13.8. The van der Waals surface area contributed by atoms with Gasteiger partial charge in [0, 0.05) is 6.04 Å². The molecule has 102 valence electrons. The van der Waals surface area contributed by atoms with Crippen molar-refractivity contribution in [3.63, 3.8) is 0 Å². The van der Waals surface area contributed by atoms with Gasteiger partial charge in [-0.1, -0.05) is 58.1 Å². The molecule has 0 aliphatic carbocycles. The number of allylic oxidation sites excluding steroid dienone is 2. The lowest BCUT2D eigenvalue weighted by Gasteiger charge is -2.08. The summed E-state index contributed by atoms with van der Waals surface area (Å²) >= 11 is 0. The molecule has 0 saturated carbocycles. The molecule has 0 radical (unpaired) electrons. The maximum absolute atomic E-state index is 5.98. The van der Waals surface area contributed by atoms with Gasteiger partial charge in [-0.2, -0.15) is 0 Å².